The molecule has 2 unspecified atom stereocenters. The van der Waals surface area contributed by atoms with Crippen LogP contribution in [0.15, 0.2) is 12.2 Å². The minimum absolute atomic E-state index is 0.752. The van der Waals surface area contributed by atoms with Crippen molar-refractivity contribution >= 4 is 0 Å². The predicted octanol–water partition coefficient (Wildman–Crippen LogP) is 2.66. The summed E-state index contributed by atoms with van der Waals surface area (Å²) < 4.78 is 0. The zero-order chi connectivity index (χ0) is 11.5. The van der Waals surface area contributed by atoms with Crippen molar-refractivity contribution in [3.05, 3.63) is 12.2 Å². The van der Waals surface area contributed by atoms with Gasteiger partial charge in [-0.3, -0.25) is 9.80 Å². The van der Waals surface area contributed by atoms with Crippen LogP contribution in [-0.2, 0) is 0 Å². The molecule has 3 rings (SSSR count). The lowest BCUT2D eigenvalue weighted by Crippen LogP contribution is -2.42. The van der Waals surface area contributed by atoms with Crippen molar-refractivity contribution in [1.82, 2.24) is 9.80 Å². The van der Waals surface area contributed by atoms with E-state index in [1.54, 1.807) is 0 Å². The van der Waals surface area contributed by atoms with Gasteiger partial charge in [0.2, 0.25) is 0 Å². The van der Waals surface area contributed by atoms with Crippen LogP contribution in [0.1, 0.15) is 44.9 Å². The molecule has 96 valence electrons. The monoisotopic (exact) mass is 234 g/mol. The van der Waals surface area contributed by atoms with Crippen LogP contribution >= 0.6 is 0 Å². The number of nitrogens with zero attached hydrogens (tertiary/aromatic N) is 2. The highest BCUT2D eigenvalue weighted by Crippen LogP contribution is 2.26. The minimum atomic E-state index is 0.752. The molecule has 0 aromatic heterocycles. The molecule has 0 radical (unpaired) electrons. The van der Waals surface area contributed by atoms with E-state index in [0.717, 1.165) is 12.1 Å². The highest BCUT2D eigenvalue weighted by Gasteiger charge is 2.29. The smallest absolute Gasteiger partial charge is 0.0296 e. The van der Waals surface area contributed by atoms with E-state index in [0.29, 0.717) is 0 Å². The Bertz CT molecular complexity index is 236. The molecule has 0 amide bonds. The molecule has 3 aliphatic rings. The van der Waals surface area contributed by atoms with Crippen LogP contribution in [0, 0.1) is 0 Å². The van der Waals surface area contributed by atoms with Gasteiger partial charge in [-0.25, -0.2) is 0 Å². The second-order valence-corrected chi connectivity index (χ2v) is 5.95. The summed E-state index contributed by atoms with van der Waals surface area (Å²) in [5, 5.41) is 0. The van der Waals surface area contributed by atoms with Gasteiger partial charge in [0.05, 0.1) is 0 Å². The number of likely N-dealkylation sites (tertiary alicyclic amines) is 2. The van der Waals surface area contributed by atoms with Crippen LogP contribution in [0.5, 0.6) is 0 Å². The molecule has 1 aliphatic carbocycles. The molecule has 2 saturated heterocycles. The first-order valence-electron chi connectivity index (χ1n) is 7.60. The van der Waals surface area contributed by atoms with E-state index in [-0.39, 0.29) is 0 Å². The predicted molar refractivity (Wildman–Crippen MR) is 72.2 cm³/mol. The summed E-state index contributed by atoms with van der Waals surface area (Å²) in [5.74, 6) is 0. The van der Waals surface area contributed by atoms with E-state index in [4.69, 9.17) is 0 Å². The Labute approximate surface area is 106 Å². The number of hydrogen-bond donors (Lipinski definition) is 0. The molecule has 0 bridgehead atoms. The van der Waals surface area contributed by atoms with E-state index in [1.165, 1.54) is 71.1 Å². The van der Waals surface area contributed by atoms with Gasteiger partial charge in [-0.05, 0) is 58.3 Å². The van der Waals surface area contributed by atoms with Gasteiger partial charge >= 0.3 is 0 Å². The number of hydrogen-bond acceptors (Lipinski definition) is 2. The second-order valence-electron chi connectivity index (χ2n) is 5.95. The molecule has 17 heavy (non-hydrogen) atoms. The van der Waals surface area contributed by atoms with Crippen LogP contribution in [-0.4, -0.2) is 48.1 Å². The normalized spacial score (nSPS) is 36.5. The number of piperidine rings is 2. The number of rotatable bonds is 2. The zero-order valence-electron chi connectivity index (χ0n) is 11.0. The van der Waals surface area contributed by atoms with Crippen molar-refractivity contribution in [2.24, 2.45) is 0 Å². The SMILES string of the molecule is C1=CC(N2CCCCC2)CC1N1CCCCC1. The van der Waals surface area contributed by atoms with Gasteiger partial charge in [-0.1, -0.05) is 25.0 Å². The van der Waals surface area contributed by atoms with Gasteiger partial charge in [0.15, 0.2) is 0 Å². The first-order chi connectivity index (χ1) is 8.43. The summed E-state index contributed by atoms with van der Waals surface area (Å²) in [4.78, 5) is 5.42. The molecule has 2 aliphatic heterocycles. The Kier molecular flexibility index (Phi) is 3.82. The van der Waals surface area contributed by atoms with Crippen LogP contribution in [0.25, 0.3) is 0 Å². The van der Waals surface area contributed by atoms with Crippen LogP contribution in [0.4, 0.5) is 0 Å². The van der Waals surface area contributed by atoms with Crippen LogP contribution in [0.3, 0.4) is 0 Å². The van der Waals surface area contributed by atoms with E-state index >= 15 is 0 Å². The van der Waals surface area contributed by atoms with Gasteiger partial charge in [-0.15, -0.1) is 0 Å². The Hall–Kier alpha value is -0.340. The van der Waals surface area contributed by atoms with Crippen molar-refractivity contribution in [3.63, 3.8) is 0 Å². The summed E-state index contributed by atoms with van der Waals surface area (Å²) in [6.07, 6.45) is 14.9. The van der Waals surface area contributed by atoms with Gasteiger partial charge in [0.25, 0.3) is 0 Å². The molecular formula is C15H26N2. The van der Waals surface area contributed by atoms with Gasteiger partial charge in [0.1, 0.15) is 0 Å². The summed E-state index contributed by atoms with van der Waals surface area (Å²) >= 11 is 0. The first-order valence-corrected chi connectivity index (χ1v) is 7.60. The van der Waals surface area contributed by atoms with Crippen molar-refractivity contribution in [2.75, 3.05) is 26.2 Å². The Morgan fingerprint density at radius 2 is 1.00 bits per heavy atom. The van der Waals surface area contributed by atoms with Crippen molar-refractivity contribution < 1.29 is 0 Å². The fraction of sp³-hybridized carbons (Fsp3) is 0.867. The molecule has 2 heteroatoms. The van der Waals surface area contributed by atoms with Crippen molar-refractivity contribution in [1.29, 1.82) is 0 Å². The van der Waals surface area contributed by atoms with Gasteiger partial charge in [-0.2, -0.15) is 0 Å². The molecule has 2 heterocycles. The third-order valence-corrected chi connectivity index (χ3v) is 4.76. The molecule has 2 fully saturated rings. The van der Waals surface area contributed by atoms with Crippen molar-refractivity contribution in [3.8, 4) is 0 Å². The highest BCUT2D eigenvalue weighted by molar-refractivity contribution is 5.11. The summed E-state index contributed by atoms with van der Waals surface area (Å²) in [5.41, 5.74) is 0. The van der Waals surface area contributed by atoms with Gasteiger partial charge < -0.3 is 0 Å². The van der Waals surface area contributed by atoms with Crippen molar-refractivity contribution in [2.45, 2.75) is 57.0 Å². The lowest BCUT2D eigenvalue weighted by Gasteiger charge is -2.35. The maximum Gasteiger partial charge on any atom is 0.0296 e. The lowest BCUT2D eigenvalue weighted by atomic mass is 10.0. The maximum atomic E-state index is 2.71. The average molecular weight is 234 g/mol. The lowest BCUT2D eigenvalue weighted by molar-refractivity contribution is 0.145. The fourth-order valence-electron chi connectivity index (χ4n) is 3.70. The molecule has 2 nitrogen and oxygen atoms in total. The Morgan fingerprint density at radius 3 is 1.41 bits per heavy atom. The molecule has 0 spiro atoms. The molecule has 2 atom stereocenters. The zero-order valence-corrected chi connectivity index (χ0v) is 11.0. The molecule has 0 aromatic rings. The van der Waals surface area contributed by atoms with Crippen LogP contribution < -0.4 is 0 Å². The summed E-state index contributed by atoms with van der Waals surface area (Å²) in [6, 6.07) is 1.50. The largest absolute Gasteiger partial charge is 0.297 e. The second kappa shape index (κ2) is 5.53. The van der Waals surface area contributed by atoms with Gasteiger partial charge in [0, 0.05) is 12.1 Å². The summed E-state index contributed by atoms with van der Waals surface area (Å²) in [6.45, 7) is 5.34. The molecular weight excluding hydrogens is 208 g/mol. The third kappa shape index (κ3) is 2.74. The van der Waals surface area contributed by atoms with E-state index in [1.807, 2.05) is 0 Å². The molecule has 0 saturated carbocycles. The standard InChI is InChI=1S/C15H26N2/c1-3-9-16(10-4-1)14-7-8-15(13-14)17-11-5-2-6-12-17/h7-8,14-15H,1-6,9-13H2. The minimum Gasteiger partial charge on any atom is -0.297 e. The average Bonchev–Trinajstić information content (AvgIpc) is 2.90. The topological polar surface area (TPSA) is 6.48 Å². The fourth-order valence-corrected chi connectivity index (χ4v) is 3.70. The Balaban J connectivity index is 1.52. The van der Waals surface area contributed by atoms with E-state index in [9.17, 15) is 0 Å². The quantitative estimate of drug-likeness (QED) is 0.678. The molecule has 0 aromatic carbocycles. The van der Waals surface area contributed by atoms with E-state index in [2.05, 4.69) is 22.0 Å². The van der Waals surface area contributed by atoms with E-state index < -0.39 is 0 Å². The highest BCUT2D eigenvalue weighted by atomic mass is 15.2. The third-order valence-electron chi connectivity index (χ3n) is 4.76. The Morgan fingerprint density at radius 1 is 0.588 bits per heavy atom. The maximum absolute atomic E-state index is 2.71. The summed E-state index contributed by atoms with van der Waals surface area (Å²) in [7, 11) is 0. The molecule has 0 N–H and O–H groups in total. The van der Waals surface area contributed by atoms with Crippen LogP contribution in [0.2, 0.25) is 0 Å². The first kappa shape index (κ1) is 11.7.